The minimum Gasteiger partial charge on any atom is -0.325 e. The maximum atomic E-state index is 12.0. The van der Waals surface area contributed by atoms with E-state index in [2.05, 4.69) is 5.32 Å². The summed E-state index contributed by atoms with van der Waals surface area (Å²) in [5, 5.41) is 2.65. The SMILES string of the molecule is CN1C(=O)C(=O)N(CC(=O)Nc2ccc3c(c2)CCC3)C1=O. The average Bonchev–Trinajstić information content (AvgIpc) is 3.02. The number of aryl methyl sites for hydroxylation is 2. The van der Waals surface area contributed by atoms with Gasteiger partial charge in [0.05, 0.1) is 0 Å². The molecule has 7 heteroatoms. The molecule has 3 rings (SSSR count). The summed E-state index contributed by atoms with van der Waals surface area (Å²) >= 11 is 0. The lowest BCUT2D eigenvalue weighted by Gasteiger charge is -2.13. The molecule has 1 aromatic carbocycles. The van der Waals surface area contributed by atoms with Crippen LogP contribution < -0.4 is 5.32 Å². The van der Waals surface area contributed by atoms with E-state index < -0.39 is 30.3 Å². The van der Waals surface area contributed by atoms with Crippen LogP contribution >= 0.6 is 0 Å². The van der Waals surface area contributed by atoms with E-state index in [1.54, 1.807) is 6.07 Å². The monoisotopic (exact) mass is 301 g/mol. The molecule has 0 spiro atoms. The zero-order chi connectivity index (χ0) is 15.9. The van der Waals surface area contributed by atoms with Crippen molar-refractivity contribution in [3.63, 3.8) is 0 Å². The van der Waals surface area contributed by atoms with Gasteiger partial charge in [-0.25, -0.2) is 9.69 Å². The second-order valence-corrected chi connectivity index (χ2v) is 5.42. The zero-order valence-corrected chi connectivity index (χ0v) is 12.1. The number of fused-ring (bicyclic) bond motifs is 1. The summed E-state index contributed by atoms with van der Waals surface area (Å²) in [6.07, 6.45) is 3.15. The molecule has 1 saturated heterocycles. The smallest absolute Gasteiger partial charge is 0.325 e. The van der Waals surface area contributed by atoms with E-state index in [0.717, 1.165) is 19.3 Å². The Morgan fingerprint density at radius 2 is 1.86 bits per heavy atom. The third-order valence-electron chi connectivity index (χ3n) is 3.93. The quantitative estimate of drug-likeness (QED) is 0.652. The molecule has 5 amide bonds. The number of rotatable bonds is 3. The molecule has 2 aliphatic rings. The second kappa shape index (κ2) is 5.25. The van der Waals surface area contributed by atoms with Gasteiger partial charge >= 0.3 is 17.8 Å². The third-order valence-corrected chi connectivity index (χ3v) is 3.93. The number of hydrogen-bond acceptors (Lipinski definition) is 4. The number of nitrogens with one attached hydrogen (secondary N) is 1. The van der Waals surface area contributed by atoms with Gasteiger partial charge in [-0.2, -0.15) is 0 Å². The summed E-state index contributed by atoms with van der Waals surface area (Å²) in [7, 11) is 1.21. The van der Waals surface area contributed by atoms with Crippen LogP contribution in [0.15, 0.2) is 18.2 Å². The summed E-state index contributed by atoms with van der Waals surface area (Å²) in [5.41, 5.74) is 3.13. The molecular formula is C15H15N3O4. The normalized spacial score (nSPS) is 17.2. The van der Waals surface area contributed by atoms with Gasteiger partial charge in [0.15, 0.2) is 0 Å². The Balaban J connectivity index is 1.67. The van der Waals surface area contributed by atoms with Crippen LogP contribution in [0, 0.1) is 0 Å². The Labute approximate surface area is 126 Å². The maximum absolute atomic E-state index is 12.0. The molecule has 1 fully saturated rings. The van der Waals surface area contributed by atoms with Gasteiger partial charge < -0.3 is 5.32 Å². The molecule has 114 valence electrons. The van der Waals surface area contributed by atoms with Gasteiger partial charge in [-0.05, 0) is 42.5 Å². The number of carbonyl (C=O) groups is 4. The van der Waals surface area contributed by atoms with Gasteiger partial charge in [-0.15, -0.1) is 0 Å². The van der Waals surface area contributed by atoms with Crippen molar-refractivity contribution < 1.29 is 19.2 Å². The molecule has 0 saturated carbocycles. The number of hydrogen-bond donors (Lipinski definition) is 1. The molecule has 1 aromatic rings. The fraction of sp³-hybridized carbons (Fsp3) is 0.333. The number of carbonyl (C=O) groups excluding carboxylic acids is 4. The lowest BCUT2D eigenvalue weighted by Crippen LogP contribution is -2.38. The lowest BCUT2D eigenvalue weighted by atomic mass is 10.1. The first-order chi connectivity index (χ1) is 10.5. The molecule has 1 aliphatic carbocycles. The highest BCUT2D eigenvalue weighted by molar-refractivity contribution is 6.44. The number of anilines is 1. The van der Waals surface area contributed by atoms with Gasteiger partial charge in [-0.1, -0.05) is 6.07 Å². The van der Waals surface area contributed by atoms with E-state index >= 15 is 0 Å². The van der Waals surface area contributed by atoms with E-state index in [1.807, 2.05) is 12.1 Å². The summed E-state index contributed by atoms with van der Waals surface area (Å²) < 4.78 is 0. The van der Waals surface area contributed by atoms with Crippen molar-refractivity contribution in [1.29, 1.82) is 0 Å². The highest BCUT2D eigenvalue weighted by Gasteiger charge is 2.42. The van der Waals surface area contributed by atoms with Crippen LogP contribution in [0.3, 0.4) is 0 Å². The standard InChI is InChI=1S/C15H15N3O4/c1-17-13(20)14(21)18(15(17)22)8-12(19)16-11-6-5-9-3-2-4-10(9)7-11/h5-7H,2-4,8H2,1H3,(H,16,19). The number of urea groups is 1. The topological polar surface area (TPSA) is 86.8 Å². The summed E-state index contributed by atoms with van der Waals surface area (Å²) in [4.78, 5) is 48.0. The molecule has 0 atom stereocenters. The van der Waals surface area contributed by atoms with Crippen molar-refractivity contribution in [2.24, 2.45) is 0 Å². The third kappa shape index (κ3) is 2.34. The molecule has 0 bridgehead atoms. The molecule has 1 aliphatic heterocycles. The molecule has 0 radical (unpaired) electrons. The summed E-state index contributed by atoms with van der Waals surface area (Å²) in [6.45, 7) is -0.467. The van der Waals surface area contributed by atoms with Crippen molar-refractivity contribution >= 4 is 29.4 Å². The van der Waals surface area contributed by atoms with E-state index in [4.69, 9.17) is 0 Å². The zero-order valence-electron chi connectivity index (χ0n) is 12.1. The first-order valence-electron chi connectivity index (χ1n) is 7.02. The Kier molecular flexibility index (Phi) is 3.40. The minimum atomic E-state index is -0.975. The van der Waals surface area contributed by atoms with Crippen molar-refractivity contribution in [3.8, 4) is 0 Å². The van der Waals surface area contributed by atoms with Crippen molar-refractivity contribution in [3.05, 3.63) is 29.3 Å². The number of imide groups is 2. The second-order valence-electron chi connectivity index (χ2n) is 5.42. The van der Waals surface area contributed by atoms with Gasteiger partial charge in [0, 0.05) is 12.7 Å². The van der Waals surface area contributed by atoms with Crippen LogP contribution in [0.1, 0.15) is 17.5 Å². The first kappa shape index (κ1) is 14.2. The average molecular weight is 301 g/mol. The van der Waals surface area contributed by atoms with Crippen LogP contribution in [-0.2, 0) is 27.2 Å². The summed E-state index contributed by atoms with van der Waals surface area (Å²) in [6, 6.07) is 4.90. The minimum absolute atomic E-state index is 0.467. The van der Waals surface area contributed by atoms with E-state index in [9.17, 15) is 19.2 Å². The maximum Gasteiger partial charge on any atom is 0.334 e. The Bertz CT molecular complexity index is 698. The fourth-order valence-corrected chi connectivity index (χ4v) is 2.75. The lowest BCUT2D eigenvalue weighted by molar-refractivity contribution is -0.143. The number of amides is 5. The van der Waals surface area contributed by atoms with Crippen LogP contribution in [-0.4, -0.2) is 47.1 Å². The van der Waals surface area contributed by atoms with E-state index in [1.165, 1.54) is 18.2 Å². The van der Waals surface area contributed by atoms with Crippen LogP contribution in [0.25, 0.3) is 0 Å². The van der Waals surface area contributed by atoms with Crippen LogP contribution in [0.5, 0.6) is 0 Å². The number of likely N-dealkylation sites (N-methyl/N-ethyl adjacent to an activating group) is 1. The number of nitrogens with zero attached hydrogens (tertiary/aromatic N) is 2. The molecule has 1 heterocycles. The van der Waals surface area contributed by atoms with E-state index in [0.29, 0.717) is 15.5 Å². The predicted molar refractivity (Wildman–Crippen MR) is 77.0 cm³/mol. The Morgan fingerprint density at radius 3 is 2.55 bits per heavy atom. The molecule has 0 aromatic heterocycles. The van der Waals surface area contributed by atoms with Crippen LogP contribution in [0.2, 0.25) is 0 Å². The molecule has 0 unspecified atom stereocenters. The van der Waals surface area contributed by atoms with Crippen molar-refractivity contribution in [1.82, 2.24) is 9.80 Å². The highest BCUT2D eigenvalue weighted by Crippen LogP contribution is 2.24. The van der Waals surface area contributed by atoms with Gasteiger partial charge in [0.1, 0.15) is 6.54 Å². The highest BCUT2D eigenvalue weighted by atomic mass is 16.2. The van der Waals surface area contributed by atoms with Gasteiger partial charge in [0.25, 0.3) is 0 Å². The largest absolute Gasteiger partial charge is 0.334 e. The van der Waals surface area contributed by atoms with Crippen molar-refractivity contribution in [2.45, 2.75) is 19.3 Å². The van der Waals surface area contributed by atoms with Crippen LogP contribution in [0.4, 0.5) is 10.5 Å². The molecule has 22 heavy (non-hydrogen) atoms. The van der Waals surface area contributed by atoms with Crippen molar-refractivity contribution in [2.75, 3.05) is 18.9 Å². The fourth-order valence-electron chi connectivity index (χ4n) is 2.75. The molecule has 1 N–H and O–H groups in total. The molecular weight excluding hydrogens is 286 g/mol. The summed E-state index contributed by atoms with van der Waals surface area (Å²) in [5.74, 6) is -2.41. The molecule has 7 nitrogen and oxygen atoms in total. The Morgan fingerprint density at radius 1 is 1.14 bits per heavy atom. The predicted octanol–water partition coefficient (Wildman–Crippen LogP) is 0.534. The van der Waals surface area contributed by atoms with Gasteiger partial charge in [-0.3, -0.25) is 19.3 Å². The number of benzene rings is 1. The van der Waals surface area contributed by atoms with Gasteiger partial charge in [0.2, 0.25) is 5.91 Å². The Hall–Kier alpha value is -2.70. The van der Waals surface area contributed by atoms with E-state index in [-0.39, 0.29) is 0 Å². The first-order valence-corrected chi connectivity index (χ1v) is 7.02.